The fraction of sp³-hybridized carbons (Fsp3) is 0.0588. The molecule has 1 heterocycles. The van der Waals surface area contributed by atoms with Gasteiger partial charge in [-0.05, 0) is 30.3 Å². The predicted molar refractivity (Wildman–Crippen MR) is 85.7 cm³/mol. The van der Waals surface area contributed by atoms with Gasteiger partial charge in [0.15, 0.2) is 0 Å². The molecule has 0 N–H and O–H groups in total. The second-order valence-electron chi connectivity index (χ2n) is 5.05. The van der Waals surface area contributed by atoms with Crippen molar-refractivity contribution in [2.24, 2.45) is 0 Å². The third kappa shape index (κ3) is 3.66. The number of hydrogen-bond acceptors (Lipinski definition) is 3. The van der Waals surface area contributed by atoms with Gasteiger partial charge in [-0.25, -0.2) is 4.68 Å². The van der Waals surface area contributed by atoms with Crippen molar-refractivity contribution in [3.05, 3.63) is 65.2 Å². The molecule has 0 fully saturated rings. The summed E-state index contributed by atoms with van der Waals surface area (Å²) in [5.41, 5.74) is 0.315. The van der Waals surface area contributed by atoms with Crippen molar-refractivity contribution < 1.29 is 22.7 Å². The van der Waals surface area contributed by atoms with Gasteiger partial charge in [-0.1, -0.05) is 29.8 Å². The van der Waals surface area contributed by atoms with Crippen LogP contribution >= 0.6 is 11.6 Å². The second-order valence-corrected chi connectivity index (χ2v) is 5.49. The van der Waals surface area contributed by atoms with Crippen molar-refractivity contribution in [3.63, 3.8) is 0 Å². The van der Waals surface area contributed by atoms with E-state index in [1.807, 2.05) is 0 Å². The van der Waals surface area contributed by atoms with Crippen LogP contribution in [0, 0.1) is 0 Å². The number of halogens is 4. The Morgan fingerprint density at radius 2 is 1.84 bits per heavy atom. The molecule has 1 aromatic heterocycles. The van der Waals surface area contributed by atoms with Crippen LogP contribution in [0.2, 0.25) is 5.02 Å². The molecule has 25 heavy (non-hydrogen) atoms. The Labute approximate surface area is 145 Å². The quantitative estimate of drug-likeness (QED) is 0.626. The van der Waals surface area contributed by atoms with Crippen LogP contribution in [0.5, 0.6) is 5.88 Å². The Hall–Kier alpha value is -2.80. The first-order valence-corrected chi connectivity index (χ1v) is 7.40. The molecule has 8 heteroatoms. The minimum atomic E-state index is -4.47. The molecule has 0 aliphatic carbocycles. The van der Waals surface area contributed by atoms with Crippen LogP contribution in [0.4, 0.5) is 13.2 Å². The number of nitrogens with zero attached hydrogens (tertiary/aromatic N) is 2. The lowest BCUT2D eigenvalue weighted by molar-refractivity contribution is -0.137. The van der Waals surface area contributed by atoms with Crippen molar-refractivity contribution in [2.45, 2.75) is 6.18 Å². The largest absolute Gasteiger partial charge is 0.416 e. The van der Waals surface area contributed by atoms with Crippen molar-refractivity contribution in [3.8, 4) is 22.8 Å². The van der Waals surface area contributed by atoms with E-state index in [2.05, 4.69) is 5.10 Å². The summed E-state index contributed by atoms with van der Waals surface area (Å²) in [5.74, 6) is -0.0395. The van der Waals surface area contributed by atoms with Crippen LogP contribution in [0.1, 0.15) is 5.56 Å². The Morgan fingerprint density at radius 3 is 2.52 bits per heavy atom. The van der Waals surface area contributed by atoms with E-state index in [-0.39, 0.29) is 17.9 Å². The Kier molecular flexibility index (Phi) is 4.50. The zero-order valence-corrected chi connectivity index (χ0v) is 13.3. The molecule has 0 radical (unpaired) electrons. The fourth-order valence-electron chi connectivity index (χ4n) is 2.33. The lowest BCUT2D eigenvalue weighted by Crippen LogP contribution is -2.05. The molecule has 0 unspecified atom stereocenters. The van der Waals surface area contributed by atoms with Gasteiger partial charge in [-0.3, -0.25) is 4.79 Å². The molecule has 0 bridgehead atoms. The van der Waals surface area contributed by atoms with E-state index in [0.29, 0.717) is 16.4 Å². The Bertz CT molecular complexity index is 922. The van der Waals surface area contributed by atoms with E-state index < -0.39 is 11.7 Å². The predicted octanol–water partition coefficient (Wildman–Crippen LogP) is 4.75. The molecule has 0 atom stereocenters. The average Bonchev–Trinajstić information content (AvgIpc) is 2.99. The highest BCUT2D eigenvalue weighted by atomic mass is 35.5. The summed E-state index contributed by atoms with van der Waals surface area (Å²) in [6.45, 7) is 0.195. The van der Waals surface area contributed by atoms with E-state index in [0.717, 1.165) is 12.1 Å². The van der Waals surface area contributed by atoms with Gasteiger partial charge in [0.25, 0.3) is 6.47 Å². The molecule has 0 aliphatic rings. The topological polar surface area (TPSA) is 44.1 Å². The Balaban J connectivity index is 2.17. The van der Waals surface area contributed by atoms with Gasteiger partial charge < -0.3 is 4.74 Å². The van der Waals surface area contributed by atoms with Crippen LogP contribution < -0.4 is 4.74 Å². The highest BCUT2D eigenvalue weighted by Gasteiger charge is 2.30. The van der Waals surface area contributed by atoms with E-state index in [4.69, 9.17) is 16.3 Å². The zero-order valence-electron chi connectivity index (χ0n) is 12.5. The van der Waals surface area contributed by atoms with Gasteiger partial charge in [-0.15, -0.1) is 5.10 Å². The van der Waals surface area contributed by atoms with Crippen molar-refractivity contribution >= 4 is 18.1 Å². The monoisotopic (exact) mass is 366 g/mol. The summed E-state index contributed by atoms with van der Waals surface area (Å²) >= 11 is 5.97. The summed E-state index contributed by atoms with van der Waals surface area (Å²) in [6, 6.07) is 12.8. The van der Waals surface area contributed by atoms with E-state index >= 15 is 0 Å². The molecule has 128 valence electrons. The maximum absolute atomic E-state index is 13.0. The minimum Gasteiger partial charge on any atom is -0.408 e. The number of rotatable bonds is 4. The van der Waals surface area contributed by atoms with Gasteiger partial charge in [0, 0.05) is 16.7 Å². The molecule has 0 saturated carbocycles. The molecular formula is C17H10ClF3N2O2. The third-order valence-electron chi connectivity index (χ3n) is 3.39. The number of hydrogen-bond donors (Lipinski definition) is 0. The number of aromatic nitrogens is 2. The molecular weight excluding hydrogens is 357 g/mol. The summed E-state index contributed by atoms with van der Waals surface area (Å²) in [4.78, 5) is 10.6. The maximum Gasteiger partial charge on any atom is 0.416 e. The van der Waals surface area contributed by atoms with Gasteiger partial charge in [0.1, 0.15) is 0 Å². The molecule has 0 spiro atoms. The minimum absolute atomic E-state index is 0.0395. The van der Waals surface area contributed by atoms with Gasteiger partial charge in [0.2, 0.25) is 5.88 Å². The smallest absolute Gasteiger partial charge is 0.408 e. The molecule has 3 aromatic rings. The summed E-state index contributed by atoms with van der Waals surface area (Å²) in [6.07, 6.45) is -4.47. The first-order chi connectivity index (χ1) is 11.9. The maximum atomic E-state index is 13.0. The molecule has 0 saturated heterocycles. The van der Waals surface area contributed by atoms with Crippen molar-refractivity contribution in [1.29, 1.82) is 0 Å². The fourth-order valence-corrected chi connectivity index (χ4v) is 2.52. The van der Waals surface area contributed by atoms with Crippen molar-refractivity contribution in [2.75, 3.05) is 0 Å². The molecule has 0 aliphatic heterocycles. The molecule has 3 rings (SSSR count). The summed E-state index contributed by atoms with van der Waals surface area (Å²) in [7, 11) is 0. The highest BCUT2D eigenvalue weighted by molar-refractivity contribution is 6.30. The number of carbonyl (C=O) groups excluding carboxylic acids is 1. The van der Waals surface area contributed by atoms with Crippen LogP contribution in [-0.2, 0) is 11.0 Å². The van der Waals surface area contributed by atoms with Crippen LogP contribution in [0.15, 0.2) is 54.6 Å². The Morgan fingerprint density at radius 1 is 1.08 bits per heavy atom. The second kappa shape index (κ2) is 6.60. The van der Waals surface area contributed by atoms with Crippen molar-refractivity contribution in [1.82, 2.24) is 9.78 Å². The van der Waals surface area contributed by atoms with E-state index in [1.54, 1.807) is 24.3 Å². The van der Waals surface area contributed by atoms with E-state index in [1.165, 1.54) is 22.9 Å². The third-order valence-corrected chi connectivity index (χ3v) is 3.63. The first kappa shape index (κ1) is 17.0. The first-order valence-electron chi connectivity index (χ1n) is 7.02. The standard InChI is InChI=1S/C17H10ClF3N2O2/c18-13-5-2-6-14(8-13)23-15(9-16(22-23)25-10-24)11-3-1-4-12(7-11)17(19,20)21/h1-10H. The lowest BCUT2D eigenvalue weighted by atomic mass is 10.1. The van der Waals surface area contributed by atoms with Gasteiger partial charge >= 0.3 is 6.18 Å². The van der Waals surface area contributed by atoms with Gasteiger partial charge in [-0.2, -0.15) is 13.2 Å². The number of alkyl halides is 3. The number of benzene rings is 2. The van der Waals surface area contributed by atoms with E-state index in [9.17, 15) is 18.0 Å². The number of carbonyl (C=O) groups is 1. The highest BCUT2D eigenvalue weighted by Crippen LogP contribution is 2.34. The zero-order chi connectivity index (χ0) is 18.0. The SMILES string of the molecule is O=COc1cc(-c2cccc(C(F)(F)F)c2)n(-c2cccc(Cl)c2)n1. The van der Waals surface area contributed by atoms with Crippen LogP contribution in [-0.4, -0.2) is 16.3 Å². The normalized spacial score (nSPS) is 11.4. The summed E-state index contributed by atoms with van der Waals surface area (Å²) < 4.78 is 45.0. The number of ether oxygens (including phenoxy) is 1. The molecule has 0 amide bonds. The van der Waals surface area contributed by atoms with Crippen LogP contribution in [0.3, 0.4) is 0 Å². The molecule has 4 nitrogen and oxygen atoms in total. The average molecular weight is 367 g/mol. The van der Waals surface area contributed by atoms with Crippen LogP contribution in [0.25, 0.3) is 16.9 Å². The van der Waals surface area contributed by atoms with Gasteiger partial charge in [0.05, 0.1) is 16.9 Å². The summed E-state index contributed by atoms with van der Waals surface area (Å²) in [5, 5.41) is 4.53. The molecule has 2 aromatic carbocycles. The lowest BCUT2D eigenvalue weighted by Gasteiger charge is -2.10.